The second-order valence-corrected chi connectivity index (χ2v) is 6.16. The van der Waals surface area contributed by atoms with Gasteiger partial charge in [-0.2, -0.15) is 0 Å². The topological polar surface area (TPSA) is 38.2 Å². The van der Waals surface area contributed by atoms with Crippen molar-refractivity contribution in [1.82, 2.24) is 9.97 Å². The van der Waals surface area contributed by atoms with Crippen LogP contribution in [0.25, 0.3) is 0 Å². The lowest BCUT2D eigenvalue weighted by molar-refractivity contribution is -0.148. The average molecular weight is 247 g/mol. The Bertz CT molecular complexity index is 412. The molecule has 0 amide bonds. The van der Waals surface area contributed by atoms with Crippen molar-refractivity contribution < 1.29 is 4.74 Å². The predicted molar refractivity (Wildman–Crippen MR) is 70.6 cm³/mol. The number of anilines is 1. The fourth-order valence-electron chi connectivity index (χ4n) is 3.39. The Morgan fingerprint density at radius 2 is 1.78 bits per heavy atom. The molecular weight excluding hydrogens is 226 g/mol. The van der Waals surface area contributed by atoms with Crippen LogP contribution >= 0.6 is 0 Å². The molecular formula is C14H21N3O. The van der Waals surface area contributed by atoms with E-state index >= 15 is 0 Å². The summed E-state index contributed by atoms with van der Waals surface area (Å²) in [6.45, 7) is 6.13. The standard InChI is InChI=1S/C14H21N3O/c1-13(2)10-17(12-15-8-5-9-16-12)11-14(18-13)6-3-4-7-14/h5,8-9H,3-4,6-7,10-11H2,1-2H3. The number of aromatic nitrogens is 2. The van der Waals surface area contributed by atoms with Crippen molar-refractivity contribution in [3.63, 3.8) is 0 Å². The van der Waals surface area contributed by atoms with Crippen molar-refractivity contribution in [3.8, 4) is 0 Å². The van der Waals surface area contributed by atoms with Crippen LogP contribution in [0.15, 0.2) is 18.5 Å². The Hall–Kier alpha value is -1.16. The number of morpholine rings is 1. The largest absolute Gasteiger partial charge is 0.365 e. The van der Waals surface area contributed by atoms with Crippen molar-refractivity contribution in [2.45, 2.75) is 50.7 Å². The molecule has 0 N–H and O–H groups in total. The number of ether oxygens (including phenoxy) is 1. The molecule has 1 aromatic heterocycles. The van der Waals surface area contributed by atoms with Crippen molar-refractivity contribution in [3.05, 3.63) is 18.5 Å². The molecule has 98 valence electrons. The van der Waals surface area contributed by atoms with Gasteiger partial charge in [-0.1, -0.05) is 12.8 Å². The molecule has 18 heavy (non-hydrogen) atoms. The van der Waals surface area contributed by atoms with Gasteiger partial charge in [-0.15, -0.1) is 0 Å². The molecule has 0 aromatic carbocycles. The van der Waals surface area contributed by atoms with Gasteiger partial charge >= 0.3 is 0 Å². The summed E-state index contributed by atoms with van der Waals surface area (Å²) in [6, 6.07) is 1.86. The smallest absolute Gasteiger partial charge is 0.225 e. The van der Waals surface area contributed by atoms with Crippen molar-refractivity contribution >= 4 is 5.95 Å². The lowest BCUT2D eigenvalue weighted by Crippen LogP contribution is -2.59. The molecule has 1 saturated carbocycles. The van der Waals surface area contributed by atoms with Crippen LogP contribution in [-0.2, 0) is 4.74 Å². The summed E-state index contributed by atoms with van der Waals surface area (Å²) < 4.78 is 6.38. The van der Waals surface area contributed by atoms with Crippen LogP contribution in [0, 0.1) is 0 Å². The fraction of sp³-hybridized carbons (Fsp3) is 0.714. The Kier molecular flexibility index (Phi) is 2.77. The zero-order valence-corrected chi connectivity index (χ0v) is 11.2. The Morgan fingerprint density at radius 1 is 1.11 bits per heavy atom. The van der Waals surface area contributed by atoms with E-state index in [1.165, 1.54) is 25.7 Å². The minimum absolute atomic E-state index is 0.0287. The lowest BCUT2D eigenvalue weighted by atomic mass is 9.94. The van der Waals surface area contributed by atoms with E-state index in [9.17, 15) is 0 Å². The van der Waals surface area contributed by atoms with Crippen LogP contribution in [0.2, 0.25) is 0 Å². The van der Waals surface area contributed by atoms with Gasteiger partial charge in [0.25, 0.3) is 0 Å². The first-order chi connectivity index (χ1) is 8.59. The van der Waals surface area contributed by atoms with Gasteiger partial charge in [0.15, 0.2) is 0 Å². The van der Waals surface area contributed by atoms with Gasteiger partial charge in [0, 0.05) is 18.9 Å². The van der Waals surface area contributed by atoms with Crippen LogP contribution in [0.1, 0.15) is 39.5 Å². The summed E-state index contributed by atoms with van der Waals surface area (Å²) in [5.74, 6) is 0.833. The highest BCUT2D eigenvalue weighted by atomic mass is 16.5. The third-order valence-corrected chi connectivity index (χ3v) is 3.89. The van der Waals surface area contributed by atoms with E-state index in [4.69, 9.17) is 4.74 Å². The predicted octanol–water partition coefficient (Wildman–Crippen LogP) is 2.40. The summed E-state index contributed by atoms with van der Waals surface area (Å²) >= 11 is 0. The van der Waals surface area contributed by atoms with E-state index in [0.29, 0.717) is 0 Å². The van der Waals surface area contributed by atoms with E-state index in [1.54, 1.807) is 0 Å². The second kappa shape index (κ2) is 4.19. The van der Waals surface area contributed by atoms with Crippen LogP contribution < -0.4 is 4.90 Å². The summed E-state index contributed by atoms with van der Waals surface area (Å²) in [6.07, 6.45) is 8.51. The lowest BCUT2D eigenvalue weighted by Gasteiger charge is -2.48. The molecule has 4 nitrogen and oxygen atoms in total. The van der Waals surface area contributed by atoms with Crippen molar-refractivity contribution in [1.29, 1.82) is 0 Å². The van der Waals surface area contributed by atoms with Crippen molar-refractivity contribution in [2.24, 2.45) is 0 Å². The molecule has 1 aromatic rings. The first-order valence-electron chi connectivity index (χ1n) is 6.81. The van der Waals surface area contributed by atoms with Gasteiger partial charge in [0.1, 0.15) is 0 Å². The van der Waals surface area contributed by atoms with Gasteiger partial charge in [-0.05, 0) is 32.8 Å². The van der Waals surface area contributed by atoms with Crippen LogP contribution in [0.4, 0.5) is 5.95 Å². The molecule has 2 heterocycles. The molecule has 0 unspecified atom stereocenters. The van der Waals surface area contributed by atoms with Crippen LogP contribution in [0.3, 0.4) is 0 Å². The van der Waals surface area contributed by atoms with Gasteiger partial charge in [-0.3, -0.25) is 0 Å². The molecule has 3 rings (SSSR count). The van der Waals surface area contributed by atoms with E-state index in [-0.39, 0.29) is 11.2 Å². The molecule has 4 heteroatoms. The highest BCUT2D eigenvalue weighted by molar-refractivity contribution is 5.32. The normalized spacial score (nSPS) is 25.6. The number of hydrogen-bond acceptors (Lipinski definition) is 4. The maximum absolute atomic E-state index is 6.38. The SMILES string of the molecule is CC1(C)CN(c2ncccn2)CC2(CCCC2)O1. The van der Waals surface area contributed by atoms with E-state index in [2.05, 4.69) is 28.7 Å². The first-order valence-corrected chi connectivity index (χ1v) is 6.81. The van der Waals surface area contributed by atoms with Gasteiger partial charge in [-0.25, -0.2) is 9.97 Å². The first kappa shape index (κ1) is 11.9. The van der Waals surface area contributed by atoms with Gasteiger partial charge in [0.2, 0.25) is 5.95 Å². The monoisotopic (exact) mass is 247 g/mol. The number of nitrogens with zero attached hydrogens (tertiary/aromatic N) is 3. The Balaban J connectivity index is 1.87. The fourth-order valence-corrected chi connectivity index (χ4v) is 3.39. The minimum atomic E-state index is -0.123. The van der Waals surface area contributed by atoms with Crippen LogP contribution in [-0.4, -0.2) is 34.3 Å². The molecule has 0 bridgehead atoms. The summed E-state index contributed by atoms with van der Waals surface area (Å²) in [7, 11) is 0. The number of hydrogen-bond donors (Lipinski definition) is 0. The summed E-state index contributed by atoms with van der Waals surface area (Å²) in [5, 5.41) is 0. The zero-order valence-electron chi connectivity index (χ0n) is 11.2. The second-order valence-electron chi connectivity index (χ2n) is 6.16. The number of rotatable bonds is 1. The van der Waals surface area contributed by atoms with Crippen molar-refractivity contribution in [2.75, 3.05) is 18.0 Å². The summed E-state index contributed by atoms with van der Waals surface area (Å²) in [5.41, 5.74) is -0.0945. The van der Waals surface area contributed by atoms with Gasteiger partial charge in [0.05, 0.1) is 17.7 Å². The molecule has 0 atom stereocenters. The quantitative estimate of drug-likeness (QED) is 0.764. The molecule has 1 saturated heterocycles. The molecule has 1 aliphatic heterocycles. The minimum Gasteiger partial charge on any atom is -0.365 e. The third kappa shape index (κ3) is 2.21. The maximum Gasteiger partial charge on any atom is 0.225 e. The summed E-state index contributed by atoms with van der Waals surface area (Å²) in [4.78, 5) is 11.1. The molecule has 0 radical (unpaired) electrons. The molecule has 2 aliphatic rings. The molecule has 2 fully saturated rings. The van der Waals surface area contributed by atoms with E-state index in [0.717, 1.165) is 19.0 Å². The third-order valence-electron chi connectivity index (χ3n) is 3.89. The van der Waals surface area contributed by atoms with Gasteiger partial charge < -0.3 is 9.64 Å². The highest BCUT2D eigenvalue weighted by Gasteiger charge is 2.46. The Labute approximate surface area is 108 Å². The highest BCUT2D eigenvalue weighted by Crippen LogP contribution is 2.41. The molecule has 1 spiro atoms. The molecule has 1 aliphatic carbocycles. The Morgan fingerprint density at radius 3 is 2.44 bits per heavy atom. The van der Waals surface area contributed by atoms with E-state index < -0.39 is 0 Å². The maximum atomic E-state index is 6.38. The van der Waals surface area contributed by atoms with E-state index in [1.807, 2.05) is 18.5 Å². The van der Waals surface area contributed by atoms with Crippen LogP contribution in [0.5, 0.6) is 0 Å². The average Bonchev–Trinajstić information content (AvgIpc) is 2.76. The zero-order chi connectivity index (χ0) is 12.6.